The highest BCUT2D eigenvalue weighted by Crippen LogP contribution is 2.18. The van der Waals surface area contributed by atoms with E-state index < -0.39 is 0 Å². The van der Waals surface area contributed by atoms with Crippen molar-refractivity contribution in [3.05, 3.63) is 66.2 Å². The van der Waals surface area contributed by atoms with Crippen molar-refractivity contribution in [2.24, 2.45) is 0 Å². The van der Waals surface area contributed by atoms with E-state index in [0.29, 0.717) is 0 Å². The Morgan fingerprint density at radius 3 is 2.06 bits per heavy atom. The molecule has 0 aliphatic heterocycles. The molecule has 2 aromatic rings. The third-order valence-electron chi connectivity index (χ3n) is 2.46. The Hall–Kier alpha value is -1.21. The third-order valence-corrected chi connectivity index (χ3v) is 3.56. The fourth-order valence-corrected chi connectivity index (χ4v) is 2.50. The molecule has 0 unspecified atom stereocenters. The van der Waals surface area contributed by atoms with Gasteiger partial charge in [0.15, 0.2) is 0 Å². The van der Waals surface area contributed by atoms with Crippen molar-refractivity contribution in [2.45, 2.75) is 17.7 Å². The molecule has 0 saturated carbocycles. The standard InChI is InChI=1S/C15H16S/c1-3-8-14(9-4-1)10-7-13-16-15-11-5-2-6-12-15/h1-6,8-9,11-12H,7,10,13H2. The normalized spacial score (nSPS) is 10.2. The van der Waals surface area contributed by atoms with Gasteiger partial charge in [-0.25, -0.2) is 0 Å². The van der Waals surface area contributed by atoms with E-state index in [0.717, 1.165) is 0 Å². The largest absolute Gasteiger partial charge is 0.126 e. The maximum Gasteiger partial charge on any atom is 0.00719 e. The zero-order chi connectivity index (χ0) is 11.1. The van der Waals surface area contributed by atoms with Crippen LogP contribution in [-0.4, -0.2) is 5.75 Å². The van der Waals surface area contributed by atoms with E-state index in [1.54, 1.807) is 0 Å². The topological polar surface area (TPSA) is 0 Å². The van der Waals surface area contributed by atoms with Crippen LogP contribution in [0.5, 0.6) is 0 Å². The predicted molar refractivity (Wildman–Crippen MR) is 71.9 cm³/mol. The first kappa shape index (κ1) is 11.3. The van der Waals surface area contributed by atoms with Crippen LogP contribution in [0, 0.1) is 0 Å². The van der Waals surface area contributed by atoms with Crippen LogP contribution in [0.25, 0.3) is 0 Å². The second kappa shape index (κ2) is 6.39. The summed E-state index contributed by atoms with van der Waals surface area (Å²) >= 11 is 1.94. The van der Waals surface area contributed by atoms with E-state index in [9.17, 15) is 0 Å². The van der Waals surface area contributed by atoms with Crippen LogP contribution in [0.4, 0.5) is 0 Å². The summed E-state index contributed by atoms with van der Waals surface area (Å²) in [7, 11) is 0. The van der Waals surface area contributed by atoms with Crippen LogP contribution in [0.3, 0.4) is 0 Å². The molecule has 1 heteroatoms. The Balaban J connectivity index is 1.70. The number of thioether (sulfide) groups is 1. The monoisotopic (exact) mass is 228 g/mol. The Morgan fingerprint density at radius 2 is 1.38 bits per heavy atom. The van der Waals surface area contributed by atoms with Gasteiger partial charge in [-0.2, -0.15) is 0 Å². The predicted octanol–water partition coefficient (Wildman–Crippen LogP) is 4.41. The fourth-order valence-electron chi connectivity index (χ4n) is 1.63. The zero-order valence-electron chi connectivity index (χ0n) is 9.30. The minimum atomic E-state index is 1.18. The van der Waals surface area contributed by atoms with Crippen molar-refractivity contribution in [3.63, 3.8) is 0 Å². The molecule has 2 rings (SSSR count). The summed E-state index contributed by atoms with van der Waals surface area (Å²) in [4.78, 5) is 1.37. The van der Waals surface area contributed by atoms with Crippen LogP contribution in [-0.2, 0) is 6.42 Å². The molecule has 0 saturated heterocycles. The Bertz CT molecular complexity index is 353. The molecular formula is C15H16S. The van der Waals surface area contributed by atoms with Gasteiger partial charge in [0.2, 0.25) is 0 Å². The summed E-state index contributed by atoms with van der Waals surface area (Å²) in [5.74, 6) is 1.19. The summed E-state index contributed by atoms with van der Waals surface area (Å²) in [6, 6.07) is 21.3. The quantitative estimate of drug-likeness (QED) is 0.539. The van der Waals surface area contributed by atoms with Gasteiger partial charge in [0.05, 0.1) is 0 Å². The van der Waals surface area contributed by atoms with Crippen molar-refractivity contribution < 1.29 is 0 Å². The highest BCUT2D eigenvalue weighted by atomic mass is 32.2. The minimum Gasteiger partial charge on any atom is -0.126 e. The van der Waals surface area contributed by atoms with Gasteiger partial charge in [0.1, 0.15) is 0 Å². The van der Waals surface area contributed by atoms with Crippen LogP contribution in [0.2, 0.25) is 0 Å². The van der Waals surface area contributed by atoms with Crippen LogP contribution in [0.15, 0.2) is 65.6 Å². The van der Waals surface area contributed by atoms with Gasteiger partial charge in [-0.1, -0.05) is 48.5 Å². The van der Waals surface area contributed by atoms with Crippen LogP contribution in [0.1, 0.15) is 12.0 Å². The van der Waals surface area contributed by atoms with Gasteiger partial charge in [-0.15, -0.1) is 11.8 Å². The van der Waals surface area contributed by atoms with E-state index >= 15 is 0 Å². The fraction of sp³-hybridized carbons (Fsp3) is 0.200. The Kier molecular flexibility index (Phi) is 4.50. The number of hydrogen-bond donors (Lipinski definition) is 0. The van der Waals surface area contributed by atoms with Gasteiger partial charge in [0, 0.05) is 4.90 Å². The van der Waals surface area contributed by atoms with Crippen LogP contribution >= 0.6 is 11.8 Å². The van der Waals surface area contributed by atoms with Gasteiger partial charge < -0.3 is 0 Å². The number of hydrogen-bond acceptors (Lipinski definition) is 1. The van der Waals surface area contributed by atoms with Gasteiger partial charge in [-0.3, -0.25) is 0 Å². The molecule has 0 bridgehead atoms. The van der Waals surface area contributed by atoms with Gasteiger partial charge >= 0.3 is 0 Å². The molecule has 0 N–H and O–H groups in total. The van der Waals surface area contributed by atoms with E-state index in [4.69, 9.17) is 0 Å². The van der Waals surface area contributed by atoms with E-state index in [-0.39, 0.29) is 0 Å². The number of rotatable bonds is 5. The molecule has 0 amide bonds. The summed E-state index contributed by atoms with van der Waals surface area (Å²) in [6.07, 6.45) is 2.42. The molecule has 0 fully saturated rings. The highest BCUT2D eigenvalue weighted by Gasteiger charge is 1.94. The molecule has 0 radical (unpaired) electrons. The number of aryl methyl sites for hydroxylation is 1. The smallest absolute Gasteiger partial charge is 0.00719 e. The molecule has 0 aromatic heterocycles. The Labute approximate surface area is 102 Å². The highest BCUT2D eigenvalue weighted by molar-refractivity contribution is 7.99. The maximum absolute atomic E-state index is 2.20. The molecule has 0 nitrogen and oxygen atoms in total. The minimum absolute atomic E-state index is 1.18. The molecule has 0 aliphatic carbocycles. The molecule has 0 spiro atoms. The molecule has 82 valence electrons. The second-order valence-corrected chi connectivity index (χ2v) is 4.92. The zero-order valence-corrected chi connectivity index (χ0v) is 10.1. The average molecular weight is 228 g/mol. The molecular weight excluding hydrogens is 212 g/mol. The summed E-state index contributed by atoms with van der Waals surface area (Å²) < 4.78 is 0. The van der Waals surface area contributed by atoms with Gasteiger partial charge in [0.25, 0.3) is 0 Å². The van der Waals surface area contributed by atoms with Crippen molar-refractivity contribution in [3.8, 4) is 0 Å². The molecule has 16 heavy (non-hydrogen) atoms. The second-order valence-electron chi connectivity index (χ2n) is 3.75. The lowest BCUT2D eigenvalue weighted by atomic mass is 10.1. The first-order chi connectivity index (χ1) is 7.95. The third kappa shape index (κ3) is 3.74. The Morgan fingerprint density at radius 1 is 0.750 bits per heavy atom. The first-order valence-electron chi connectivity index (χ1n) is 5.67. The van der Waals surface area contributed by atoms with Crippen LogP contribution < -0.4 is 0 Å². The summed E-state index contributed by atoms with van der Waals surface area (Å²) in [6.45, 7) is 0. The van der Waals surface area contributed by atoms with E-state index in [1.807, 2.05) is 11.8 Å². The van der Waals surface area contributed by atoms with Gasteiger partial charge in [-0.05, 0) is 36.3 Å². The molecule has 0 aliphatic rings. The van der Waals surface area contributed by atoms with Crippen molar-refractivity contribution in [1.29, 1.82) is 0 Å². The summed E-state index contributed by atoms with van der Waals surface area (Å²) in [5, 5.41) is 0. The van der Waals surface area contributed by atoms with Crippen molar-refractivity contribution in [1.82, 2.24) is 0 Å². The summed E-state index contributed by atoms with van der Waals surface area (Å²) in [5.41, 5.74) is 1.44. The SMILES string of the molecule is c1ccc(CCCSc2ccccc2)cc1. The average Bonchev–Trinajstić information content (AvgIpc) is 2.37. The number of benzene rings is 2. The molecule has 0 heterocycles. The van der Waals surface area contributed by atoms with Crippen molar-refractivity contribution >= 4 is 11.8 Å². The lowest BCUT2D eigenvalue weighted by Crippen LogP contribution is -1.87. The lowest BCUT2D eigenvalue weighted by Gasteiger charge is -2.02. The van der Waals surface area contributed by atoms with E-state index in [2.05, 4.69) is 60.7 Å². The lowest BCUT2D eigenvalue weighted by molar-refractivity contribution is 0.933. The molecule has 0 atom stereocenters. The first-order valence-corrected chi connectivity index (χ1v) is 6.65. The molecule has 2 aromatic carbocycles. The maximum atomic E-state index is 2.20. The van der Waals surface area contributed by atoms with Crippen molar-refractivity contribution in [2.75, 3.05) is 5.75 Å². The van der Waals surface area contributed by atoms with E-state index in [1.165, 1.54) is 29.1 Å².